The highest BCUT2D eigenvalue weighted by Crippen LogP contribution is 2.57. The van der Waals surface area contributed by atoms with Crippen LogP contribution >= 0.6 is 0 Å². The van der Waals surface area contributed by atoms with Crippen LogP contribution < -0.4 is 4.90 Å². The Morgan fingerprint density at radius 1 is 0.511 bits per heavy atom. The third kappa shape index (κ3) is 3.89. The van der Waals surface area contributed by atoms with E-state index in [4.69, 9.17) is 4.42 Å². The van der Waals surface area contributed by atoms with E-state index in [-0.39, 0.29) is 5.41 Å². The fraction of sp³-hybridized carbons (Fsp3) is 0.0698. The van der Waals surface area contributed by atoms with Gasteiger partial charge in [0.2, 0.25) is 0 Å². The van der Waals surface area contributed by atoms with Crippen LogP contribution in [0.3, 0.4) is 0 Å². The molecule has 8 aromatic rings. The second-order valence-corrected chi connectivity index (χ2v) is 12.6. The molecule has 1 heterocycles. The maximum absolute atomic E-state index is 6.26. The van der Waals surface area contributed by atoms with Gasteiger partial charge in [0.05, 0.1) is 5.69 Å². The summed E-state index contributed by atoms with van der Waals surface area (Å²) in [6.07, 6.45) is 0. The van der Waals surface area contributed by atoms with Crippen molar-refractivity contribution in [2.75, 3.05) is 4.90 Å². The van der Waals surface area contributed by atoms with E-state index in [0.29, 0.717) is 0 Å². The van der Waals surface area contributed by atoms with Gasteiger partial charge in [0.15, 0.2) is 0 Å². The number of fused-ring (bicyclic) bond motifs is 8. The molecule has 0 saturated carbocycles. The molecule has 0 saturated heterocycles. The first kappa shape index (κ1) is 25.9. The predicted octanol–water partition coefficient (Wildman–Crippen LogP) is 12.2. The molecule has 0 aliphatic heterocycles. The van der Waals surface area contributed by atoms with Crippen LogP contribution in [0.5, 0.6) is 0 Å². The standard InChI is InChI=1S/C43H31NO/c1-43(2)37-21-10-8-20-35(37)41-38(26-30-15-6-7-18-33(30)42(41)43)44(31-17-12-16-29(25-31)28-13-4-3-5-14-28)32-23-24-40-36(27-32)34-19-9-11-22-39(34)45-40/h3-27H,1-2H3. The Bertz CT molecular complexity index is 2410. The number of nitrogens with zero attached hydrogens (tertiary/aromatic N) is 1. The van der Waals surface area contributed by atoms with E-state index in [9.17, 15) is 0 Å². The molecule has 0 spiro atoms. The van der Waals surface area contributed by atoms with Crippen LogP contribution in [-0.2, 0) is 5.41 Å². The van der Waals surface area contributed by atoms with Gasteiger partial charge in [-0.1, -0.05) is 123 Å². The van der Waals surface area contributed by atoms with Gasteiger partial charge in [-0.3, -0.25) is 0 Å². The fourth-order valence-electron chi connectivity index (χ4n) is 7.55. The van der Waals surface area contributed by atoms with Crippen molar-refractivity contribution in [3.05, 3.63) is 163 Å². The second kappa shape index (κ2) is 9.70. The van der Waals surface area contributed by atoms with Gasteiger partial charge < -0.3 is 9.32 Å². The topological polar surface area (TPSA) is 16.4 Å². The van der Waals surface area contributed by atoms with Crippen molar-refractivity contribution in [1.82, 2.24) is 0 Å². The lowest BCUT2D eigenvalue weighted by molar-refractivity contribution is 0.666. The zero-order chi connectivity index (χ0) is 30.1. The molecule has 45 heavy (non-hydrogen) atoms. The lowest BCUT2D eigenvalue weighted by Crippen LogP contribution is -2.17. The average molecular weight is 578 g/mol. The summed E-state index contributed by atoms with van der Waals surface area (Å²) in [6.45, 7) is 4.75. The van der Waals surface area contributed by atoms with Crippen LogP contribution in [0.4, 0.5) is 17.1 Å². The third-order valence-electron chi connectivity index (χ3n) is 9.59. The SMILES string of the molecule is CC1(C)c2ccccc2-c2c(N(c3cccc(-c4ccccc4)c3)c3ccc4oc5ccccc5c4c3)cc3ccccc3c21. The molecule has 0 bridgehead atoms. The van der Waals surface area contributed by atoms with Gasteiger partial charge in [-0.2, -0.15) is 0 Å². The number of para-hydroxylation sites is 1. The molecule has 0 atom stereocenters. The van der Waals surface area contributed by atoms with Gasteiger partial charge in [0.1, 0.15) is 11.2 Å². The Morgan fingerprint density at radius 3 is 2.09 bits per heavy atom. The van der Waals surface area contributed by atoms with Crippen molar-refractivity contribution < 1.29 is 4.42 Å². The van der Waals surface area contributed by atoms with Gasteiger partial charge in [0.25, 0.3) is 0 Å². The van der Waals surface area contributed by atoms with Crippen LogP contribution in [0.15, 0.2) is 156 Å². The van der Waals surface area contributed by atoms with Crippen molar-refractivity contribution in [3.63, 3.8) is 0 Å². The van der Waals surface area contributed by atoms with E-state index in [1.54, 1.807) is 0 Å². The number of hydrogen-bond donors (Lipinski definition) is 0. The molecule has 1 aliphatic carbocycles. The molecule has 7 aromatic carbocycles. The summed E-state index contributed by atoms with van der Waals surface area (Å²) in [5.41, 5.74) is 12.8. The van der Waals surface area contributed by atoms with Gasteiger partial charge >= 0.3 is 0 Å². The van der Waals surface area contributed by atoms with Crippen LogP contribution in [0.2, 0.25) is 0 Å². The molecule has 214 valence electrons. The van der Waals surface area contributed by atoms with Gasteiger partial charge in [-0.05, 0) is 81.1 Å². The molecule has 1 aromatic heterocycles. The minimum absolute atomic E-state index is 0.149. The van der Waals surface area contributed by atoms with E-state index in [0.717, 1.165) is 33.3 Å². The van der Waals surface area contributed by atoms with E-state index in [2.05, 4.69) is 158 Å². The highest BCUT2D eigenvalue weighted by molar-refractivity contribution is 6.09. The Labute approximate surface area is 262 Å². The molecular formula is C43H31NO. The van der Waals surface area contributed by atoms with Crippen molar-refractivity contribution in [1.29, 1.82) is 0 Å². The lowest BCUT2D eigenvalue weighted by atomic mass is 9.80. The first-order valence-electron chi connectivity index (χ1n) is 15.6. The first-order chi connectivity index (χ1) is 22.1. The normalized spacial score (nSPS) is 13.3. The summed E-state index contributed by atoms with van der Waals surface area (Å²) in [6, 6.07) is 54.7. The lowest BCUT2D eigenvalue weighted by Gasteiger charge is -2.30. The summed E-state index contributed by atoms with van der Waals surface area (Å²) in [5.74, 6) is 0. The zero-order valence-corrected chi connectivity index (χ0v) is 25.3. The van der Waals surface area contributed by atoms with Crippen LogP contribution in [0, 0.1) is 0 Å². The minimum atomic E-state index is -0.149. The van der Waals surface area contributed by atoms with Crippen LogP contribution in [0.25, 0.3) is 55.0 Å². The summed E-state index contributed by atoms with van der Waals surface area (Å²) < 4.78 is 6.26. The van der Waals surface area contributed by atoms with Crippen molar-refractivity contribution in [2.24, 2.45) is 0 Å². The van der Waals surface area contributed by atoms with Crippen molar-refractivity contribution >= 4 is 49.8 Å². The zero-order valence-electron chi connectivity index (χ0n) is 25.3. The predicted molar refractivity (Wildman–Crippen MR) is 189 cm³/mol. The Balaban J connectivity index is 1.39. The number of anilines is 3. The monoisotopic (exact) mass is 577 g/mol. The highest BCUT2D eigenvalue weighted by atomic mass is 16.3. The summed E-state index contributed by atoms with van der Waals surface area (Å²) in [5, 5.41) is 4.80. The van der Waals surface area contributed by atoms with Crippen molar-refractivity contribution in [2.45, 2.75) is 19.3 Å². The smallest absolute Gasteiger partial charge is 0.135 e. The number of hydrogen-bond acceptors (Lipinski definition) is 2. The second-order valence-electron chi connectivity index (χ2n) is 12.6. The fourth-order valence-corrected chi connectivity index (χ4v) is 7.55. The summed E-state index contributed by atoms with van der Waals surface area (Å²) in [7, 11) is 0. The molecule has 2 nitrogen and oxygen atoms in total. The van der Waals surface area contributed by atoms with E-state index < -0.39 is 0 Å². The molecule has 9 rings (SSSR count). The molecule has 1 aliphatic rings. The molecule has 0 radical (unpaired) electrons. The first-order valence-corrected chi connectivity index (χ1v) is 15.6. The quantitative estimate of drug-likeness (QED) is 0.207. The maximum atomic E-state index is 6.26. The number of benzene rings is 7. The van der Waals surface area contributed by atoms with E-state index >= 15 is 0 Å². The Morgan fingerprint density at radius 2 is 1.20 bits per heavy atom. The Kier molecular flexibility index (Phi) is 5.58. The Hall–Kier alpha value is -5.60. The van der Waals surface area contributed by atoms with E-state index in [1.807, 2.05) is 12.1 Å². The number of rotatable bonds is 4. The molecule has 0 N–H and O–H groups in total. The summed E-state index contributed by atoms with van der Waals surface area (Å²) >= 11 is 0. The maximum Gasteiger partial charge on any atom is 0.135 e. The molecule has 0 unspecified atom stereocenters. The van der Waals surface area contributed by atoms with Gasteiger partial charge in [-0.15, -0.1) is 0 Å². The molecule has 2 heteroatoms. The average Bonchev–Trinajstić information content (AvgIpc) is 3.58. The van der Waals surface area contributed by atoms with Crippen LogP contribution in [-0.4, -0.2) is 0 Å². The highest BCUT2D eigenvalue weighted by Gasteiger charge is 2.39. The van der Waals surface area contributed by atoms with E-state index in [1.165, 1.54) is 49.8 Å². The molecule has 0 amide bonds. The largest absolute Gasteiger partial charge is 0.456 e. The molecule has 0 fully saturated rings. The van der Waals surface area contributed by atoms with Gasteiger partial charge in [0, 0.05) is 33.1 Å². The molecular weight excluding hydrogens is 546 g/mol. The summed E-state index contributed by atoms with van der Waals surface area (Å²) in [4.78, 5) is 2.46. The third-order valence-corrected chi connectivity index (χ3v) is 9.59. The van der Waals surface area contributed by atoms with Crippen LogP contribution in [0.1, 0.15) is 25.0 Å². The number of furan rings is 1. The van der Waals surface area contributed by atoms with Gasteiger partial charge in [-0.25, -0.2) is 0 Å². The van der Waals surface area contributed by atoms with Crippen molar-refractivity contribution in [3.8, 4) is 22.3 Å². The minimum Gasteiger partial charge on any atom is -0.456 e.